The van der Waals surface area contributed by atoms with Crippen LogP contribution < -0.4 is 9.47 Å². The lowest BCUT2D eigenvalue weighted by Gasteiger charge is -2.35. The summed E-state index contributed by atoms with van der Waals surface area (Å²) in [7, 11) is 0. The first-order valence-electron chi connectivity index (χ1n) is 11.0. The van der Waals surface area contributed by atoms with Crippen LogP contribution in [0, 0.1) is 11.6 Å². The van der Waals surface area contributed by atoms with Gasteiger partial charge in [0.05, 0.1) is 17.7 Å². The van der Waals surface area contributed by atoms with Crippen LogP contribution in [-0.2, 0) is 24.9 Å². The molecule has 0 aromatic heterocycles. The molecule has 1 aliphatic carbocycles. The topological polar surface area (TPSA) is 18.5 Å². The van der Waals surface area contributed by atoms with Gasteiger partial charge >= 0.3 is 11.8 Å². The van der Waals surface area contributed by atoms with Gasteiger partial charge in [-0.25, -0.2) is 8.78 Å². The molecule has 0 heterocycles. The number of rotatable bonds is 8. The van der Waals surface area contributed by atoms with E-state index in [1.807, 2.05) is 0 Å². The number of benzene rings is 3. The fourth-order valence-electron chi connectivity index (χ4n) is 4.11. The standard InChI is InChI=1S/C27H22F6O2/c1-3-5-6-16-7-10-18(11-8-16)35-15-17-9-12-19-20-13-14-21(34-4-2)25(29)23(20)27(32,33)26(30,31)22(19)24(17)28/h3,7-14H,1,4-6,15H2,2H3. The van der Waals surface area contributed by atoms with Crippen LogP contribution in [0.4, 0.5) is 26.3 Å². The molecule has 0 aliphatic heterocycles. The van der Waals surface area contributed by atoms with E-state index in [-0.39, 0.29) is 12.2 Å². The molecule has 0 saturated carbocycles. The van der Waals surface area contributed by atoms with Crippen LogP contribution in [0.1, 0.15) is 35.6 Å². The van der Waals surface area contributed by atoms with E-state index in [4.69, 9.17) is 9.47 Å². The molecule has 0 bridgehead atoms. The lowest BCUT2D eigenvalue weighted by molar-refractivity contribution is -0.228. The SMILES string of the molecule is C=CCCc1ccc(OCc2ccc3c(c2F)C(F)(F)C(F)(F)c2c-3ccc(OCC)c2F)cc1. The highest BCUT2D eigenvalue weighted by Crippen LogP contribution is 2.60. The van der Waals surface area contributed by atoms with Gasteiger partial charge in [-0.3, -0.25) is 0 Å². The number of fused-ring (bicyclic) bond motifs is 3. The third-order valence-corrected chi connectivity index (χ3v) is 5.90. The number of ether oxygens (including phenoxy) is 2. The summed E-state index contributed by atoms with van der Waals surface area (Å²) in [6, 6.07) is 11.3. The van der Waals surface area contributed by atoms with Crippen molar-refractivity contribution in [3.05, 3.63) is 95.1 Å². The lowest BCUT2D eigenvalue weighted by Crippen LogP contribution is -2.41. The first kappa shape index (κ1) is 24.7. The van der Waals surface area contributed by atoms with E-state index in [9.17, 15) is 13.2 Å². The van der Waals surface area contributed by atoms with E-state index >= 15 is 13.2 Å². The molecule has 3 aromatic rings. The minimum absolute atomic E-state index is 0.0518. The average molecular weight is 492 g/mol. The quantitative estimate of drug-likeness (QED) is 0.235. The second-order valence-corrected chi connectivity index (χ2v) is 8.10. The van der Waals surface area contributed by atoms with Gasteiger partial charge in [-0.15, -0.1) is 6.58 Å². The summed E-state index contributed by atoms with van der Waals surface area (Å²) >= 11 is 0. The lowest BCUT2D eigenvalue weighted by atomic mass is 9.79. The van der Waals surface area contributed by atoms with Crippen molar-refractivity contribution in [2.45, 2.75) is 38.2 Å². The van der Waals surface area contributed by atoms with Crippen molar-refractivity contribution in [1.29, 1.82) is 0 Å². The zero-order valence-electron chi connectivity index (χ0n) is 18.8. The number of hydrogen-bond donors (Lipinski definition) is 0. The smallest absolute Gasteiger partial charge is 0.343 e. The predicted molar refractivity (Wildman–Crippen MR) is 120 cm³/mol. The molecule has 1 aliphatic rings. The van der Waals surface area contributed by atoms with Gasteiger partial charge in [-0.1, -0.05) is 30.3 Å². The predicted octanol–water partition coefficient (Wildman–Crippen LogP) is 7.93. The fourth-order valence-corrected chi connectivity index (χ4v) is 4.11. The Morgan fingerprint density at radius 1 is 0.800 bits per heavy atom. The van der Waals surface area contributed by atoms with Gasteiger partial charge in [0.25, 0.3) is 0 Å². The van der Waals surface area contributed by atoms with Crippen LogP contribution in [0.15, 0.2) is 61.2 Å². The molecule has 184 valence electrons. The molecule has 0 atom stereocenters. The first-order valence-corrected chi connectivity index (χ1v) is 11.0. The maximum Gasteiger partial charge on any atom is 0.343 e. The normalized spacial score (nSPS) is 15.2. The summed E-state index contributed by atoms with van der Waals surface area (Å²) in [6.45, 7) is 4.64. The van der Waals surface area contributed by atoms with E-state index in [2.05, 4.69) is 6.58 Å². The molecule has 0 amide bonds. The molecule has 0 unspecified atom stereocenters. The van der Waals surface area contributed by atoms with Crippen molar-refractivity contribution in [3.63, 3.8) is 0 Å². The van der Waals surface area contributed by atoms with Gasteiger partial charge in [-0.2, -0.15) is 17.6 Å². The van der Waals surface area contributed by atoms with Crippen LogP contribution in [0.2, 0.25) is 0 Å². The zero-order valence-corrected chi connectivity index (χ0v) is 18.8. The minimum Gasteiger partial charge on any atom is -0.491 e. The summed E-state index contributed by atoms with van der Waals surface area (Å²) in [4.78, 5) is 0. The Labute approximate surface area is 198 Å². The molecule has 2 nitrogen and oxygen atoms in total. The number of alkyl halides is 4. The molecule has 35 heavy (non-hydrogen) atoms. The third kappa shape index (κ3) is 4.15. The van der Waals surface area contributed by atoms with Crippen molar-refractivity contribution < 1.29 is 35.8 Å². The average Bonchev–Trinajstić information content (AvgIpc) is 2.82. The molecule has 3 aromatic carbocycles. The van der Waals surface area contributed by atoms with E-state index in [0.29, 0.717) is 5.75 Å². The molecule has 0 radical (unpaired) electrons. The van der Waals surface area contributed by atoms with Crippen LogP contribution in [0.25, 0.3) is 11.1 Å². The Morgan fingerprint density at radius 2 is 1.40 bits per heavy atom. The third-order valence-electron chi connectivity index (χ3n) is 5.90. The molecular formula is C27H22F6O2. The van der Waals surface area contributed by atoms with Crippen LogP contribution >= 0.6 is 0 Å². The Morgan fingerprint density at radius 3 is 2.00 bits per heavy atom. The van der Waals surface area contributed by atoms with E-state index < -0.39 is 58.1 Å². The molecular weight excluding hydrogens is 470 g/mol. The van der Waals surface area contributed by atoms with Gasteiger partial charge < -0.3 is 9.47 Å². The Hall–Kier alpha value is -3.42. The van der Waals surface area contributed by atoms with Gasteiger partial charge in [-0.05, 0) is 60.7 Å². The van der Waals surface area contributed by atoms with Crippen LogP contribution in [0.3, 0.4) is 0 Å². The van der Waals surface area contributed by atoms with Gasteiger partial charge in [0.1, 0.15) is 18.2 Å². The van der Waals surface area contributed by atoms with Crippen molar-refractivity contribution in [1.82, 2.24) is 0 Å². The molecule has 0 N–H and O–H groups in total. The highest BCUT2D eigenvalue weighted by molar-refractivity contribution is 5.77. The molecule has 8 heteroatoms. The maximum absolute atomic E-state index is 15.3. The Balaban J connectivity index is 1.71. The fraction of sp³-hybridized carbons (Fsp3) is 0.259. The van der Waals surface area contributed by atoms with Crippen molar-refractivity contribution in [2.75, 3.05) is 6.61 Å². The monoisotopic (exact) mass is 492 g/mol. The summed E-state index contributed by atoms with van der Waals surface area (Å²) < 4.78 is 101. The molecule has 0 fully saturated rings. The minimum atomic E-state index is -5.01. The van der Waals surface area contributed by atoms with Crippen molar-refractivity contribution in [2.24, 2.45) is 0 Å². The number of halogens is 6. The van der Waals surface area contributed by atoms with E-state index in [1.54, 1.807) is 30.3 Å². The Bertz CT molecular complexity index is 1250. The van der Waals surface area contributed by atoms with Gasteiger partial charge in [0.2, 0.25) is 0 Å². The largest absolute Gasteiger partial charge is 0.491 e. The van der Waals surface area contributed by atoms with Crippen LogP contribution in [0.5, 0.6) is 11.5 Å². The number of allylic oxidation sites excluding steroid dienone is 1. The van der Waals surface area contributed by atoms with Gasteiger partial charge in [0.15, 0.2) is 11.6 Å². The molecule has 0 spiro atoms. The number of hydrogen-bond acceptors (Lipinski definition) is 2. The van der Waals surface area contributed by atoms with Gasteiger partial charge in [0, 0.05) is 5.56 Å². The summed E-state index contributed by atoms with van der Waals surface area (Å²) in [5, 5.41) is 0. The van der Waals surface area contributed by atoms with Crippen molar-refractivity contribution >= 4 is 0 Å². The Kier molecular flexibility index (Phi) is 6.58. The summed E-state index contributed by atoms with van der Waals surface area (Å²) in [6.07, 6.45) is 3.35. The summed E-state index contributed by atoms with van der Waals surface area (Å²) in [5.41, 5.74) is -3.33. The summed E-state index contributed by atoms with van der Waals surface area (Å²) in [5.74, 6) is -13.3. The van der Waals surface area contributed by atoms with Crippen molar-refractivity contribution in [3.8, 4) is 22.6 Å². The second-order valence-electron chi connectivity index (χ2n) is 8.10. The zero-order chi connectivity index (χ0) is 25.4. The number of aryl methyl sites for hydroxylation is 1. The van der Waals surface area contributed by atoms with E-state index in [0.717, 1.165) is 36.6 Å². The van der Waals surface area contributed by atoms with E-state index in [1.165, 1.54) is 13.0 Å². The highest BCUT2D eigenvalue weighted by Gasteiger charge is 2.65. The maximum atomic E-state index is 15.3. The molecule has 0 saturated heterocycles. The second kappa shape index (κ2) is 9.32. The highest BCUT2D eigenvalue weighted by atomic mass is 19.3. The first-order chi connectivity index (χ1) is 16.6. The van der Waals surface area contributed by atoms with Crippen LogP contribution in [-0.4, -0.2) is 6.61 Å². The molecule has 4 rings (SSSR count).